The molecule has 0 aliphatic carbocycles. The first-order valence-electron chi connectivity index (χ1n) is 32.0. The largest absolute Gasteiger partial charge is 0.462 e. The number of unbranched alkanes of at least 4 members (excludes halogenated alkanes) is 42. The van der Waals surface area contributed by atoms with Crippen LogP contribution in [0.3, 0.4) is 0 Å². The predicted octanol–water partition coefficient (Wildman–Crippen LogP) is 21.6. The molecule has 422 valence electrons. The lowest BCUT2D eigenvalue weighted by atomic mass is 10.0. The van der Waals surface area contributed by atoms with E-state index in [4.69, 9.17) is 14.2 Å². The summed E-state index contributed by atoms with van der Waals surface area (Å²) in [6, 6.07) is 0. The molecule has 1 unspecified atom stereocenters. The molecule has 0 radical (unpaired) electrons. The van der Waals surface area contributed by atoms with E-state index in [0.717, 1.165) is 70.6 Å². The van der Waals surface area contributed by atoms with Crippen LogP contribution in [0.5, 0.6) is 0 Å². The summed E-state index contributed by atoms with van der Waals surface area (Å²) in [4.78, 5) is 38.3. The van der Waals surface area contributed by atoms with Crippen LogP contribution in [0.4, 0.5) is 0 Å². The SMILES string of the molecule is CCCCCC/C=C\C/C=C\CCCCCCCCCC(=O)OC(COC(=O)CCCCCCCCCCC/C=C\CCCCCCCC)COC(=O)CCCCCCCCCCCCCCCCCCC. The second kappa shape index (κ2) is 61.2. The Morgan fingerprint density at radius 3 is 0.792 bits per heavy atom. The van der Waals surface area contributed by atoms with Crippen molar-refractivity contribution in [1.29, 1.82) is 0 Å². The highest BCUT2D eigenvalue weighted by atomic mass is 16.6. The standard InChI is InChI=1S/C66H122O6/c1-4-7-10-13-16-19-22-25-28-31-33-36-38-41-44-47-50-53-56-59-65(68)71-62-63(61-70-64(67)58-55-52-49-46-43-40-37-34-30-27-24-21-18-15-12-9-6-3)72-66(69)60-57-54-51-48-45-42-39-35-32-29-26-23-20-17-14-11-8-5-2/h20,23,25,28-29,32,63H,4-19,21-22,24,26-27,30-31,33-62H2,1-3H3/b23-20-,28-25-,32-29-. The van der Waals surface area contributed by atoms with Gasteiger partial charge in [-0.2, -0.15) is 0 Å². The zero-order valence-corrected chi connectivity index (χ0v) is 48.5. The van der Waals surface area contributed by atoms with Gasteiger partial charge in [-0.15, -0.1) is 0 Å². The molecule has 0 aliphatic rings. The van der Waals surface area contributed by atoms with E-state index in [1.807, 2.05) is 0 Å². The van der Waals surface area contributed by atoms with Crippen molar-refractivity contribution in [3.8, 4) is 0 Å². The predicted molar refractivity (Wildman–Crippen MR) is 312 cm³/mol. The Balaban J connectivity index is 4.34. The topological polar surface area (TPSA) is 78.9 Å². The molecule has 0 amide bonds. The molecule has 0 spiro atoms. The van der Waals surface area contributed by atoms with Crippen molar-refractivity contribution in [3.63, 3.8) is 0 Å². The third-order valence-corrected chi connectivity index (χ3v) is 14.4. The normalized spacial score (nSPS) is 12.2. The first-order chi connectivity index (χ1) is 35.5. The van der Waals surface area contributed by atoms with Gasteiger partial charge < -0.3 is 14.2 Å². The van der Waals surface area contributed by atoms with E-state index in [9.17, 15) is 14.4 Å². The third-order valence-electron chi connectivity index (χ3n) is 14.4. The van der Waals surface area contributed by atoms with Crippen LogP contribution in [0, 0.1) is 0 Å². The number of allylic oxidation sites excluding steroid dienone is 6. The number of esters is 3. The third kappa shape index (κ3) is 58.5. The van der Waals surface area contributed by atoms with Gasteiger partial charge in [0, 0.05) is 19.3 Å². The minimum absolute atomic E-state index is 0.0716. The molecule has 0 rings (SSSR count). The van der Waals surface area contributed by atoms with Crippen LogP contribution < -0.4 is 0 Å². The van der Waals surface area contributed by atoms with E-state index in [1.165, 1.54) is 238 Å². The molecule has 1 atom stereocenters. The van der Waals surface area contributed by atoms with Crippen LogP contribution in [0.15, 0.2) is 36.5 Å². The van der Waals surface area contributed by atoms with E-state index in [0.29, 0.717) is 19.3 Å². The van der Waals surface area contributed by atoms with Gasteiger partial charge in [-0.1, -0.05) is 288 Å². The fraction of sp³-hybridized carbons (Fsp3) is 0.864. The van der Waals surface area contributed by atoms with Crippen molar-refractivity contribution in [2.45, 2.75) is 354 Å². The number of carbonyl (C=O) groups is 3. The van der Waals surface area contributed by atoms with Gasteiger partial charge in [0.1, 0.15) is 13.2 Å². The maximum Gasteiger partial charge on any atom is 0.306 e. The van der Waals surface area contributed by atoms with Gasteiger partial charge >= 0.3 is 17.9 Å². The smallest absolute Gasteiger partial charge is 0.306 e. The van der Waals surface area contributed by atoms with Crippen LogP contribution in [0.25, 0.3) is 0 Å². The summed E-state index contributed by atoms with van der Waals surface area (Å²) in [5, 5.41) is 0. The van der Waals surface area contributed by atoms with Crippen molar-refractivity contribution >= 4 is 17.9 Å². The van der Waals surface area contributed by atoms with Gasteiger partial charge in [0.2, 0.25) is 0 Å². The summed E-state index contributed by atoms with van der Waals surface area (Å²) in [6.45, 7) is 6.67. The maximum atomic E-state index is 12.9. The molecule has 0 saturated carbocycles. The summed E-state index contributed by atoms with van der Waals surface area (Å²) in [7, 11) is 0. The van der Waals surface area contributed by atoms with Crippen LogP contribution in [-0.4, -0.2) is 37.2 Å². The lowest BCUT2D eigenvalue weighted by molar-refractivity contribution is -0.167. The highest BCUT2D eigenvalue weighted by molar-refractivity contribution is 5.71. The summed E-state index contributed by atoms with van der Waals surface area (Å²) >= 11 is 0. The first kappa shape index (κ1) is 69.6. The van der Waals surface area contributed by atoms with Gasteiger partial charge in [0.25, 0.3) is 0 Å². The Bertz CT molecular complexity index is 1210. The lowest BCUT2D eigenvalue weighted by Gasteiger charge is -2.18. The van der Waals surface area contributed by atoms with Gasteiger partial charge in [0.15, 0.2) is 6.10 Å². The fourth-order valence-corrected chi connectivity index (χ4v) is 9.53. The number of ether oxygens (including phenoxy) is 3. The second-order valence-corrected chi connectivity index (χ2v) is 21.7. The first-order valence-corrected chi connectivity index (χ1v) is 32.0. The molecule has 0 aromatic rings. The summed E-state index contributed by atoms with van der Waals surface area (Å²) < 4.78 is 16.9. The number of hydrogen-bond acceptors (Lipinski definition) is 6. The number of carbonyl (C=O) groups excluding carboxylic acids is 3. The molecule has 72 heavy (non-hydrogen) atoms. The van der Waals surface area contributed by atoms with Gasteiger partial charge in [0.05, 0.1) is 0 Å². The van der Waals surface area contributed by atoms with Gasteiger partial charge in [-0.3, -0.25) is 14.4 Å². The number of hydrogen-bond donors (Lipinski definition) is 0. The minimum Gasteiger partial charge on any atom is -0.462 e. The summed E-state index contributed by atoms with van der Waals surface area (Å²) in [6.07, 6.45) is 74.3. The molecule has 6 nitrogen and oxygen atoms in total. The van der Waals surface area contributed by atoms with Crippen LogP contribution in [0.1, 0.15) is 348 Å². The summed E-state index contributed by atoms with van der Waals surface area (Å²) in [5.74, 6) is -0.858. The Hall–Kier alpha value is -2.37. The quantitative estimate of drug-likeness (QED) is 0.0261. The highest BCUT2D eigenvalue weighted by Gasteiger charge is 2.19. The Kier molecular flexibility index (Phi) is 59.2. The van der Waals surface area contributed by atoms with E-state index >= 15 is 0 Å². The molecule has 0 aromatic heterocycles. The van der Waals surface area contributed by atoms with Crippen LogP contribution in [-0.2, 0) is 28.6 Å². The molecule has 0 aromatic carbocycles. The molecule has 0 saturated heterocycles. The molecule has 0 aliphatic heterocycles. The average molecular weight is 1010 g/mol. The zero-order valence-electron chi connectivity index (χ0n) is 48.5. The zero-order chi connectivity index (χ0) is 52.2. The van der Waals surface area contributed by atoms with E-state index in [-0.39, 0.29) is 31.1 Å². The van der Waals surface area contributed by atoms with Crippen molar-refractivity contribution in [2.24, 2.45) is 0 Å². The van der Waals surface area contributed by atoms with Crippen molar-refractivity contribution in [3.05, 3.63) is 36.5 Å². The second-order valence-electron chi connectivity index (χ2n) is 21.7. The van der Waals surface area contributed by atoms with Crippen molar-refractivity contribution in [1.82, 2.24) is 0 Å². The molecule has 6 heteroatoms. The Morgan fingerprint density at radius 2 is 0.500 bits per heavy atom. The van der Waals surface area contributed by atoms with Crippen LogP contribution in [0.2, 0.25) is 0 Å². The maximum absolute atomic E-state index is 12.9. The Labute approximate surface area is 448 Å². The average Bonchev–Trinajstić information content (AvgIpc) is 3.38. The monoisotopic (exact) mass is 1010 g/mol. The molecule has 0 bridgehead atoms. The molecular formula is C66H122O6. The Morgan fingerprint density at radius 1 is 0.278 bits per heavy atom. The summed E-state index contributed by atoms with van der Waals surface area (Å²) in [5.41, 5.74) is 0. The van der Waals surface area contributed by atoms with Crippen molar-refractivity contribution in [2.75, 3.05) is 13.2 Å². The van der Waals surface area contributed by atoms with E-state index in [1.54, 1.807) is 0 Å². The van der Waals surface area contributed by atoms with Gasteiger partial charge in [-0.25, -0.2) is 0 Å². The fourth-order valence-electron chi connectivity index (χ4n) is 9.53. The van der Waals surface area contributed by atoms with Crippen LogP contribution >= 0.6 is 0 Å². The minimum atomic E-state index is -0.775. The van der Waals surface area contributed by atoms with E-state index < -0.39 is 6.10 Å². The molecule has 0 N–H and O–H groups in total. The highest BCUT2D eigenvalue weighted by Crippen LogP contribution is 2.17. The molecule has 0 fully saturated rings. The number of rotatable bonds is 59. The van der Waals surface area contributed by atoms with Crippen molar-refractivity contribution < 1.29 is 28.6 Å². The lowest BCUT2D eigenvalue weighted by Crippen LogP contribution is -2.30. The van der Waals surface area contributed by atoms with Gasteiger partial charge in [-0.05, 0) is 77.0 Å². The van der Waals surface area contributed by atoms with E-state index in [2.05, 4.69) is 57.2 Å². The molecule has 0 heterocycles. The molecular weight excluding hydrogens is 889 g/mol.